The second-order valence-electron chi connectivity index (χ2n) is 6.88. The third-order valence-electron chi connectivity index (χ3n) is 4.66. The molecule has 0 aliphatic rings. The number of hydrogen-bond donors (Lipinski definition) is 3. The SMILES string of the molecule is O=C(Nc1ccccc1Cl)C(=O)Nn1c(C(=O)Nc2ccccc2F)cc2cc(Br)ccc21. The number of fused-ring (bicyclic) bond motifs is 1. The minimum Gasteiger partial charge on any atom is -0.318 e. The van der Waals surface area contributed by atoms with Gasteiger partial charge >= 0.3 is 11.8 Å². The van der Waals surface area contributed by atoms with Crippen LogP contribution in [0.1, 0.15) is 10.5 Å². The van der Waals surface area contributed by atoms with Crippen LogP contribution in [0.4, 0.5) is 15.8 Å². The highest BCUT2D eigenvalue weighted by molar-refractivity contribution is 9.10. The van der Waals surface area contributed by atoms with Crippen molar-refractivity contribution in [1.29, 1.82) is 0 Å². The largest absolute Gasteiger partial charge is 0.328 e. The van der Waals surface area contributed by atoms with Crippen molar-refractivity contribution >= 4 is 67.5 Å². The Morgan fingerprint density at radius 1 is 0.848 bits per heavy atom. The molecule has 0 fully saturated rings. The van der Waals surface area contributed by atoms with E-state index in [4.69, 9.17) is 11.6 Å². The molecule has 4 rings (SSSR count). The van der Waals surface area contributed by atoms with E-state index in [0.29, 0.717) is 10.9 Å². The van der Waals surface area contributed by atoms with Gasteiger partial charge in [0.2, 0.25) is 0 Å². The van der Waals surface area contributed by atoms with Crippen molar-refractivity contribution in [1.82, 2.24) is 4.68 Å². The molecule has 7 nitrogen and oxygen atoms in total. The Bertz CT molecular complexity index is 1410. The van der Waals surface area contributed by atoms with Gasteiger partial charge in [-0.1, -0.05) is 51.8 Å². The maximum Gasteiger partial charge on any atom is 0.328 e. The van der Waals surface area contributed by atoms with Gasteiger partial charge in [-0.25, -0.2) is 9.07 Å². The second kappa shape index (κ2) is 9.43. The number of para-hydroxylation sites is 2. The number of amides is 3. The van der Waals surface area contributed by atoms with Gasteiger partial charge in [0.15, 0.2) is 0 Å². The molecule has 0 aliphatic carbocycles. The number of rotatable bonds is 4. The topological polar surface area (TPSA) is 92.2 Å². The first-order valence-electron chi connectivity index (χ1n) is 9.57. The Kier molecular flexibility index (Phi) is 6.43. The Morgan fingerprint density at radius 3 is 2.27 bits per heavy atom. The van der Waals surface area contributed by atoms with Crippen LogP contribution in [0.15, 0.2) is 77.3 Å². The van der Waals surface area contributed by atoms with Crippen molar-refractivity contribution in [2.45, 2.75) is 0 Å². The predicted molar refractivity (Wildman–Crippen MR) is 128 cm³/mol. The van der Waals surface area contributed by atoms with Gasteiger partial charge in [0.1, 0.15) is 11.5 Å². The normalized spacial score (nSPS) is 10.6. The molecule has 10 heteroatoms. The number of nitrogens with one attached hydrogen (secondary N) is 3. The van der Waals surface area contributed by atoms with Crippen molar-refractivity contribution in [2.75, 3.05) is 16.1 Å². The summed E-state index contributed by atoms with van der Waals surface area (Å²) in [6.45, 7) is 0. The van der Waals surface area contributed by atoms with E-state index in [1.54, 1.807) is 48.5 Å². The van der Waals surface area contributed by atoms with Gasteiger partial charge in [-0.15, -0.1) is 0 Å². The average Bonchev–Trinajstić information content (AvgIpc) is 3.14. The Morgan fingerprint density at radius 2 is 1.55 bits per heavy atom. The molecule has 166 valence electrons. The van der Waals surface area contributed by atoms with Crippen LogP contribution in [0.3, 0.4) is 0 Å². The lowest BCUT2D eigenvalue weighted by atomic mass is 10.2. The average molecular weight is 530 g/mol. The number of anilines is 2. The highest BCUT2D eigenvalue weighted by Gasteiger charge is 2.22. The van der Waals surface area contributed by atoms with E-state index in [9.17, 15) is 18.8 Å². The summed E-state index contributed by atoms with van der Waals surface area (Å²) < 4.78 is 15.9. The molecule has 0 bridgehead atoms. The predicted octanol–water partition coefficient (Wildman–Crippen LogP) is 5.16. The molecule has 4 aromatic rings. The van der Waals surface area contributed by atoms with E-state index in [-0.39, 0.29) is 22.1 Å². The summed E-state index contributed by atoms with van der Waals surface area (Å²) in [5.74, 6) is -3.31. The van der Waals surface area contributed by atoms with Crippen LogP contribution in [0.5, 0.6) is 0 Å². The summed E-state index contributed by atoms with van der Waals surface area (Å²) in [4.78, 5) is 38.0. The van der Waals surface area contributed by atoms with Gasteiger partial charge in [0, 0.05) is 9.86 Å². The molecule has 0 saturated heterocycles. The summed E-state index contributed by atoms with van der Waals surface area (Å²) in [6, 6.07) is 18.8. The fraction of sp³-hybridized carbons (Fsp3) is 0. The van der Waals surface area contributed by atoms with Gasteiger partial charge in [-0.05, 0) is 48.5 Å². The minimum absolute atomic E-state index is 0.00903. The van der Waals surface area contributed by atoms with Crippen molar-refractivity contribution in [2.24, 2.45) is 0 Å². The standard InChI is InChI=1S/C23H15BrClFN4O3/c24-14-9-10-19-13(11-14)12-20(21(31)28-18-8-4-2-6-16(18)26)30(19)29-23(33)22(32)27-17-7-3-1-5-15(17)25/h1-12H,(H,27,32)(H,28,31)(H,29,33). The number of carbonyl (C=O) groups excluding carboxylic acids is 3. The van der Waals surface area contributed by atoms with Crippen LogP contribution in [0.25, 0.3) is 10.9 Å². The summed E-state index contributed by atoms with van der Waals surface area (Å²) in [6.07, 6.45) is 0. The zero-order chi connectivity index (χ0) is 23.5. The quantitative estimate of drug-likeness (QED) is 0.319. The van der Waals surface area contributed by atoms with Gasteiger partial charge in [0.25, 0.3) is 5.91 Å². The second-order valence-corrected chi connectivity index (χ2v) is 8.20. The molecular formula is C23H15BrClFN4O3. The maximum atomic E-state index is 14.0. The van der Waals surface area contributed by atoms with E-state index in [1.807, 2.05) is 0 Å². The fourth-order valence-electron chi connectivity index (χ4n) is 3.12. The molecule has 3 N–H and O–H groups in total. The van der Waals surface area contributed by atoms with Crippen molar-refractivity contribution in [3.05, 3.63) is 93.8 Å². The van der Waals surface area contributed by atoms with E-state index in [1.165, 1.54) is 28.9 Å². The Balaban J connectivity index is 1.65. The molecule has 0 atom stereocenters. The monoisotopic (exact) mass is 528 g/mol. The summed E-state index contributed by atoms with van der Waals surface area (Å²) in [5, 5.41) is 5.77. The number of benzene rings is 3. The molecule has 1 heterocycles. The van der Waals surface area contributed by atoms with E-state index < -0.39 is 23.5 Å². The van der Waals surface area contributed by atoms with Crippen LogP contribution in [-0.2, 0) is 9.59 Å². The summed E-state index contributed by atoms with van der Waals surface area (Å²) >= 11 is 9.39. The number of carbonyl (C=O) groups is 3. The van der Waals surface area contributed by atoms with Crippen LogP contribution < -0.4 is 16.1 Å². The molecule has 33 heavy (non-hydrogen) atoms. The Hall–Kier alpha value is -3.69. The van der Waals surface area contributed by atoms with Crippen molar-refractivity contribution < 1.29 is 18.8 Å². The zero-order valence-electron chi connectivity index (χ0n) is 16.7. The molecule has 0 spiro atoms. The maximum absolute atomic E-state index is 14.0. The number of aromatic nitrogens is 1. The lowest BCUT2D eigenvalue weighted by Gasteiger charge is -2.13. The molecule has 0 unspecified atom stereocenters. The van der Waals surface area contributed by atoms with Gasteiger partial charge in [-0.3, -0.25) is 19.8 Å². The Labute approximate surface area is 200 Å². The van der Waals surface area contributed by atoms with Gasteiger partial charge in [-0.2, -0.15) is 0 Å². The molecular weight excluding hydrogens is 515 g/mol. The van der Waals surface area contributed by atoms with Gasteiger partial charge < -0.3 is 10.6 Å². The fourth-order valence-corrected chi connectivity index (χ4v) is 3.68. The zero-order valence-corrected chi connectivity index (χ0v) is 19.1. The smallest absolute Gasteiger partial charge is 0.318 e. The van der Waals surface area contributed by atoms with Crippen molar-refractivity contribution in [3.63, 3.8) is 0 Å². The highest BCUT2D eigenvalue weighted by atomic mass is 79.9. The molecule has 1 aromatic heterocycles. The summed E-state index contributed by atoms with van der Waals surface area (Å²) in [7, 11) is 0. The van der Waals surface area contributed by atoms with Crippen LogP contribution in [0, 0.1) is 5.82 Å². The first kappa shape index (κ1) is 22.5. The lowest BCUT2D eigenvalue weighted by Crippen LogP contribution is -2.36. The van der Waals surface area contributed by atoms with Gasteiger partial charge in [0.05, 0.1) is 21.9 Å². The third-order valence-corrected chi connectivity index (χ3v) is 5.48. The highest BCUT2D eigenvalue weighted by Crippen LogP contribution is 2.25. The first-order valence-corrected chi connectivity index (χ1v) is 10.7. The summed E-state index contributed by atoms with van der Waals surface area (Å²) in [5.41, 5.74) is 3.11. The molecule has 0 aliphatic heterocycles. The number of halogens is 3. The third kappa shape index (κ3) is 4.89. The van der Waals surface area contributed by atoms with Crippen LogP contribution in [0.2, 0.25) is 5.02 Å². The molecule has 0 saturated carbocycles. The van der Waals surface area contributed by atoms with E-state index in [2.05, 4.69) is 32.0 Å². The first-order chi connectivity index (χ1) is 15.8. The number of nitrogens with zero attached hydrogens (tertiary/aromatic N) is 1. The van der Waals surface area contributed by atoms with E-state index in [0.717, 1.165) is 4.47 Å². The lowest BCUT2D eigenvalue weighted by molar-refractivity contribution is -0.133. The van der Waals surface area contributed by atoms with Crippen LogP contribution in [-0.4, -0.2) is 22.4 Å². The van der Waals surface area contributed by atoms with Crippen LogP contribution >= 0.6 is 27.5 Å². The minimum atomic E-state index is -1.03. The van der Waals surface area contributed by atoms with E-state index >= 15 is 0 Å². The van der Waals surface area contributed by atoms with Crippen molar-refractivity contribution in [3.8, 4) is 0 Å². The molecule has 3 aromatic carbocycles. The molecule has 3 amide bonds. The molecule has 0 radical (unpaired) electrons. The number of hydrogen-bond acceptors (Lipinski definition) is 3.